The number of nitrogens with one attached hydrogen (secondary N) is 1. The normalized spacial score (nSPS) is 11.9. The van der Waals surface area contributed by atoms with Crippen molar-refractivity contribution in [3.8, 4) is 6.01 Å². The minimum absolute atomic E-state index is 0.0791. The Labute approximate surface area is 132 Å². The van der Waals surface area contributed by atoms with Crippen LogP contribution in [-0.2, 0) is 16.0 Å². The zero-order valence-electron chi connectivity index (χ0n) is 12.8. The molecule has 2 aromatic heterocycles. The molecule has 0 fully saturated rings. The number of imidazole rings is 2. The van der Waals surface area contributed by atoms with Crippen LogP contribution in [0.5, 0.6) is 6.01 Å². The van der Waals surface area contributed by atoms with Crippen LogP contribution in [0.2, 0.25) is 0 Å². The van der Waals surface area contributed by atoms with E-state index < -0.39 is 18.1 Å². The van der Waals surface area contributed by atoms with Crippen molar-refractivity contribution in [3.63, 3.8) is 0 Å². The third kappa shape index (κ3) is 4.92. The van der Waals surface area contributed by atoms with Crippen LogP contribution in [0.25, 0.3) is 0 Å². The van der Waals surface area contributed by atoms with E-state index in [0.29, 0.717) is 12.3 Å². The largest absolute Gasteiger partial charge is 0.449 e. The fraction of sp³-hybridized carbons (Fsp3) is 0.429. The molecule has 0 saturated heterocycles. The molecule has 0 aliphatic rings. The lowest BCUT2D eigenvalue weighted by molar-refractivity contribution is -0.136. The highest BCUT2D eigenvalue weighted by Crippen LogP contribution is 2.05. The molecule has 9 heteroatoms. The number of aromatic nitrogens is 4. The highest BCUT2D eigenvalue weighted by Gasteiger charge is 2.19. The summed E-state index contributed by atoms with van der Waals surface area (Å²) in [5.41, 5.74) is 6.26. The van der Waals surface area contributed by atoms with Crippen LogP contribution >= 0.6 is 0 Å². The van der Waals surface area contributed by atoms with Gasteiger partial charge in [-0.2, -0.15) is 0 Å². The maximum atomic E-state index is 11.8. The van der Waals surface area contributed by atoms with Crippen molar-refractivity contribution in [1.82, 2.24) is 19.5 Å². The van der Waals surface area contributed by atoms with Crippen LogP contribution in [0.15, 0.2) is 24.9 Å². The first-order chi connectivity index (χ1) is 11.1. The van der Waals surface area contributed by atoms with Crippen molar-refractivity contribution in [2.75, 3.05) is 6.61 Å². The van der Waals surface area contributed by atoms with Gasteiger partial charge in [0.05, 0.1) is 12.3 Å². The first-order valence-corrected chi connectivity index (χ1v) is 7.26. The minimum Gasteiger partial charge on any atom is -0.449 e. The van der Waals surface area contributed by atoms with Crippen LogP contribution in [0.3, 0.4) is 0 Å². The zero-order chi connectivity index (χ0) is 16.7. The molecular weight excluding hydrogens is 302 g/mol. The number of hydrogen-bond acceptors (Lipinski definition) is 7. The van der Waals surface area contributed by atoms with Gasteiger partial charge in [-0.15, -0.1) is 0 Å². The average molecular weight is 321 g/mol. The quantitative estimate of drug-likeness (QED) is 0.572. The highest BCUT2D eigenvalue weighted by atomic mass is 16.6. The number of carbonyl (C=O) groups is 2. The molecule has 2 heterocycles. The van der Waals surface area contributed by atoms with Gasteiger partial charge in [0.2, 0.25) is 0 Å². The Balaban J connectivity index is 1.85. The lowest BCUT2D eigenvalue weighted by Gasteiger charge is -2.07. The van der Waals surface area contributed by atoms with Crippen molar-refractivity contribution in [3.05, 3.63) is 30.6 Å². The van der Waals surface area contributed by atoms with Crippen molar-refractivity contribution < 1.29 is 19.1 Å². The van der Waals surface area contributed by atoms with E-state index >= 15 is 0 Å². The summed E-state index contributed by atoms with van der Waals surface area (Å²) >= 11 is 0. The second-order valence-corrected chi connectivity index (χ2v) is 4.87. The molecular formula is C14H19N5O4. The predicted molar refractivity (Wildman–Crippen MR) is 79.8 cm³/mol. The number of esters is 1. The van der Waals surface area contributed by atoms with Crippen molar-refractivity contribution in [2.45, 2.75) is 32.2 Å². The SMILES string of the molecule is CCCCOC(=O)n1cnc(C[C@H](N)C(=O)Oc2ncc[nH]2)c1. The van der Waals surface area contributed by atoms with E-state index in [-0.39, 0.29) is 12.4 Å². The lowest BCUT2D eigenvalue weighted by Crippen LogP contribution is -2.36. The molecule has 3 N–H and O–H groups in total. The highest BCUT2D eigenvalue weighted by molar-refractivity contribution is 5.77. The molecule has 1 atom stereocenters. The summed E-state index contributed by atoms with van der Waals surface area (Å²) in [5.74, 6) is -0.639. The van der Waals surface area contributed by atoms with Crippen LogP contribution in [0.4, 0.5) is 4.79 Å². The number of nitrogens with zero attached hydrogens (tertiary/aromatic N) is 3. The minimum atomic E-state index is -0.917. The van der Waals surface area contributed by atoms with Crippen molar-refractivity contribution >= 4 is 12.1 Å². The van der Waals surface area contributed by atoms with Gasteiger partial charge in [0.1, 0.15) is 12.4 Å². The molecule has 0 unspecified atom stereocenters. The smallest absolute Gasteiger partial charge is 0.419 e. The summed E-state index contributed by atoms with van der Waals surface area (Å²) in [7, 11) is 0. The van der Waals surface area contributed by atoms with E-state index in [4.69, 9.17) is 15.2 Å². The summed E-state index contributed by atoms with van der Waals surface area (Å²) < 4.78 is 11.2. The maximum absolute atomic E-state index is 11.8. The van der Waals surface area contributed by atoms with Gasteiger partial charge in [-0.25, -0.2) is 24.1 Å². The van der Waals surface area contributed by atoms with Gasteiger partial charge in [0, 0.05) is 25.0 Å². The van der Waals surface area contributed by atoms with Crippen LogP contribution < -0.4 is 10.5 Å². The summed E-state index contributed by atoms with van der Waals surface area (Å²) in [5, 5.41) is 0. The molecule has 0 radical (unpaired) electrons. The summed E-state index contributed by atoms with van der Waals surface area (Å²) in [6.45, 7) is 2.37. The number of nitrogens with two attached hydrogens (primary N) is 1. The molecule has 9 nitrogen and oxygen atoms in total. The van der Waals surface area contributed by atoms with E-state index in [9.17, 15) is 9.59 Å². The van der Waals surface area contributed by atoms with Gasteiger partial charge in [-0.3, -0.25) is 0 Å². The average Bonchev–Trinajstić information content (AvgIpc) is 3.19. The van der Waals surface area contributed by atoms with Gasteiger partial charge in [0.15, 0.2) is 0 Å². The Hall–Kier alpha value is -2.68. The number of ether oxygens (including phenoxy) is 2. The predicted octanol–water partition coefficient (Wildman–Crippen LogP) is 0.866. The van der Waals surface area contributed by atoms with Crippen molar-refractivity contribution in [1.29, 1.82) is 0 Å². The molecule has 0 aliphatic heterocycles. The van der Waals surface area contributed by atoms with Crippen LogP contribution in [-0.4, -0.2) is 44.2 Å². The second-order valence-electron chi connectivity index (χ2n) is 4.87. The Kier molecular flexibility index (Phi) is 5.87. The van der Waals surface area contributed by atoms with E-state index in [1.165, 1.54) is 29.5 Å². The monoisotopic (exact) mass is 321 g/mol. The Morgan fingerprint density at radius 1 is 1.43 bits per heavy atom. The Bertz CT molecular complexity index is 637. The number of H-pyrrole nitrogens is 1. The number of carbonyl (C=O) groups excluding carboxylic acids is 2. The summed E-state index contributed by atoms with van der Waals surface area (Å²) in [6, 6.07) is -0.838. The number of hydrogen-bond donors (Lipinski definition) is 2. The number of aromatic amines is 1. The fourth-order valence-corrected chi connectivity index (χ4v) is 1.73. The fourth-order valence-electron chi connectivity index (χ4n) is 1.73. The first kappa shape index (κ1) is 16.7. The third-order valence-electron chi connectivity index (χ3n) is 2.97. The number of unbranched alkanes of at least 4 members (excludes halogenated alkanes) is 1. The zero-order valence-corrected chi connectivity index (χ0v) is 12.8. The standard InChI is InChI=1S/C14H19N5O4/c1-2-3-6-22-14(21)19-8-10(18-9-19)7-11(15)12(20)23-13-16-4-5-17-13/h4-5,8-9,11H,2-3,6-7,15H2,1H3,(H,16,17)/t11-/m0/s1. The van der Waals surface area contributed by atoms with E-state index in [1.54, 1.807) is 0 Å². The molecule has 23 heavy (non-hydrogen) atoms. The molecule has 0 saturated carbocycles. The van der Waals surface area contributed by atoms with Crippen molar-refractivity contribution in [2.24, 2.45) is 5.73 Å². The molecule has 0 spiro atoms. The van der Waals surface area contributed by atoms with Gasteiger partial charge in [0.25, 0.3) is 0 Å². The summed E-state index contributed by atoms with van der Waals surface area (Å²) in [4.78, 5) is 34.0. The lowest BCUT2D eigenvalue weighted by atomic mass is 10.2. The first-order valence-electron chi connectivity index (χ1n) is 7.26. The maximum Gasteiger partial charge on any atom is 0.419 e. The third-order valence-corrected chi connectivity index (χ3v) is 2.97. The second kappa shape index (κ2) is 8.08. The van der Waals surface area contributed by atoms with Gasteiger partial charge in [-0.05, 0) is 6.42 Å². The number of rotatable bonds is 7. The van der Waals surface area contributed by atoms with E-state index in [0.717, 1.165) is 12.8 Å². The molecule has 0 amide bonds. The molecule has 2 rings (SSSR count). The van der Waals surface area contributed by atoms with Gasteiger partial charge in [-0.1, -0.05) is 13.3 Å². The van der Waals surface area contributed by atoms with Gasteiger partial charge >= 0.3 is 18.1 Å². The topological polar surface area (TPSA) is 125 Å². The molecule has 0 aliphatic carbocycles. The van der Waals surface area contributed by atoms with Crippen LogP contribution in [0, 0.1) is 0 Å². The van der Waals surface area contributed by atoms with Gasteiger partial charge < -0.3 is 20.2 Å². The van der Waals surface area contributed by atoms with E-state index in [2.05, 4.69) is 15.0 Å². The Morgan fingerprint density at radius 3 is 2.96 bits per heavy atom. The molecule has 0 aromatic carbocycles. The molecule has 2 aromatic rings. The summed E-state index contributed by atoms with van der Waals surface area (Å²) in [6.07, 6.45) is 7.16. The molecule has 124 valence electrons. The van der Waals surface area contributed by atoms with E-state index in [1.807, 2.05) is 6.92 Å². The van der Waals surface area contributed by atoms with Crippen LogP contribution in [0.1, 0.15) is 25.5 Å². The Morgan fingerprint density at radius 2 is 2.26 bits per heavy atom. The molecule has 0 bridgehead atoms.